The molecule has 0 fully saturated rings. The van der Waals surface area contributed by atoms with Gasteiger partial charge in [0.25, 0.3) is 0 Å². The van der Waals surface area contributed by atoms with Crippen molar-refractivity contribution in [3.05, 3.63) is 47.3 Å². The van der Waals surface area contributed by atoms with Crippen LogP contribution in [0.4, 0.5) is 0 Å². The summed E-state index contributed by atoms with van der Waals surface area (Å²) in [6.45, 7) is 7.51. The number of rotatable bonds is 8. The highest BCUT2D eigenvalue weighted by Gasteiger charge is 2.05. The van der Waals surface area contributed by atoms with E-state index in [1.54, 1.807) is 0 Å². The fourth-order valence-electron chi connectivity index (χ4n) is 2.01. The highest BCUT2D eigenvalue weighted by Crippen LogP contribution is 2.15. The fraction of sp³-hybridized carbons (Fsp3) is 0.471. The molecule has 0 saturated heterocycles. The average molecular weight is 288 g/mol. The molecule has 114 valence electrons. The largest absolute Gasteiger partial charge is 0.486 e. The summed E-state index contributed by atoms with van der Waals surface area (Å²) in [6, 6.07) is 10.6. The van der Waals surface area contributed by atoms with Gasteiger partial charge in [-0.1, -0.05) is 44.5 Å². The highest BCUT2D eigenvalue weighted by molar-refractivity contribution is 5.27. The summed E-state index contributed by atoms with van der Waals surface area (Å²) in [6.07, 6.45) is 2.26. The first-order valence-electron chi connectivity index (χ1n) is 7.57. The van der Waals surface area contributed by atoms with Crippen molar-refractivity contribution in [2.75, 3.05) is 0 Å². The maximum absolute atomic E-state index is 5.71. The Labute approximate surface area is 126 Å². The smallest absolute Gasteiger partial charge is 0.174 e. The summed E-state index contributed by atoms with van der Waals surface area (Å²) in [4.78, 5) is 0. The van der Waals surface area contributed by atoms with Crippen LogP contribution in [0.25, 0.3) is 0 Å². The second-order valence-corrected chi connectivity index (χ2v) is 5.50. The lowest BCUT2D eigenvalue weighted by Crippen LogP contribution is -2.21. The predicted octanol–water partition coefficient (Wildman–Crippen LogP) is 3.70. The van der Waals surface area contributed by atoms with Crippen molar-refractivity contribution in [2.45, 2.75) is 52.8 Å². The van der Waals surface area contributed by atoms with Gasteiger partial charge in [0.05, 0.1) is 5.69 Å². The fourth-order valence-corrected chi connectivity index (χ4v) is 2.01. The van der Waals surface area contributed by atoms with Crippen LogP contribution in [0.3, 0.4) is 0 Å². The van der Waals surface area contributed by atoms with Crippen molar-refractivity contribution < 1.29 is 9.26 Å². The topological polar surface area (TPSA) is 47.3 Å². The molecule has 4 nitrogen and oxygen atoms in total. The number of aryl methyl sites for hydroxylation is 1. The molecule has 0 aliphatic rings. The molecule has 0 radical (unpaired) electrons. The van der Waals surface area contributed by atoms with Gasteiger partial charge >= 0.3 is 0 Å². The number of ether oxygens (including phenoxy) is 1. The van der Waals surface area contributed by atoms with Crippen molar-refractivity contribution in [2.24, 2.45) is 0 Å². The van der Waals surface area contributed by atoms with Crippen molar-refractivity contribution in [1.82, 2.24) is 10.5 Å². The van der Waals surface area contributed by atoms with Crippen LogP contribution in [0.2, 0.25) is 0 Å². The number of aromatic nitrogens is 1. The molecule has 0 atom stereocenters. The predicted molar refractivity (Wildman–Crippen MR) is 83.2 cm³/mol. The van der Waals surface area contributed by atoms with Crippen molar-refractivity contribution in [1.29, 1.82) is 0 Å². The monoisotopic (exact) mass is 288 g/mol. The molecular weight excluding hydrogens is 264 g/mol. The van der Waals surface area contributed by atoms with Crippen LogP contribution < -0.4 is 10.1 Å². The lowest BCUT2D eigenvalue weighted by molar-refractivity contribution is 0.248. The molecule has 0 aliphatic carbocycles. The van der Waals surface area contributed by atoms with Gasteiger partial charge in [0.1, 0.15) is 12.4 Å². The number of benzene rings is 1. The lowest BCUT2D eigenvalue weighted by atomic mass is 10.1. The van der Waals surface area contributed by atoms with E-state index in [1.807, 2.05) is 18.2 Å². The van der Waals surface area contributed by atoms with Gasteiger partial charge in [-0.05, 0) is 24.1 Å². The van der Waals surface area contributed by atoms with Gasteiger partial charge in [0, 0.05) is 18.7 Å². The maximum Gasteiger partial charge on any atom is 0.174 e. The number of nitrogens with zero attached hydrogens (tertiary/aromatic N) is 1. The summed E-state index contributed by atoms with van der Waals surface area (Å²) in [7, 11) is 0. The summed E-state index contributed by atoms with van der Waals surface area (Å²) < 4.78 is 11.0. The first-order chi connectivity index (χ1) is 10.2. The van der Waals surface area contributed by atoms with Gasteiger partial charge in [-0.15, -0.1) is 0 Å². The maximum atomic E-state index is 5.71. The van der Waals surface area contributed by atoms with Gasteiger partial charge in [-0.25, -0.2) is 0 Å². The van der Waals surface area contributed by atoms with E-state index >= 15 is 0 Å². The van der Waals surface area contributed by atoms with E-state index in [0.717, 1.165) is 30.0 Å². The molecule has 1 heterocycles. The minimum Gasteiger partial charge on any atom is -0.486 e. The first-order valence-corrected chi connectivity index (χ1v) is 7.57. The first kappa shape index (κ1) is 15.6. The Hall–Kier alpha value is -1.81. The van der Waals surface area contributed by atoms with E-state index in [0.29, 0.717) is 19.2 Å². The Morgan fingerprint density at radius 1 is 1.24 bits per heavy atom. The molecule has 0 saturated carbocycles. The lowest BCUT2D eigenvalue weighted by Gasteiger charge is -2.05. The standard InChI is InChI=1S/C17H24N2O2/c1-4-5-14-6-8-16(9-7-14)20-12-17-10-15(19-21-17)11-18-13(2)3/h6-10,13,18H,4-5,11-12H2,1-3H3. The molecule has 0 aliphatic heterocycles. The average Bonchev–Trinajstić information content (AvgIpc) is 2.93. The number of hydrogen-bond acceptors (Lipinski definition) is 4. The summed E-state index contributed by atoms with van der Waals surface area (Å²) >= 11 is 0. The second kappa shape index (κ2) is 7.84. The minimum atomic E-state index is 0.405. The molecule has 4 heteroatoms. The van der Waals surface area contributed by atoms with E-state index in [-0.39, 0.29) is 0 Å². The molecule has 0 bridgehead atoms. The van der Waals surface area contributed by atoms with Crippen LogP contribution in [0.1, 0.15) is 44.2 Å². The van der Waals surface area contributed by atoms with Gasteiger partial charge < -0.3 is 14.6 Å². The van der Waals surface area contributed by atoms with Gasteiger partial charge in [0.15, 0.2) is 5.76 Å². The quantitative estimate of drug-likeness (QED) is 0.804. The van der Waals surface area contributed by atoms with Crippen LogP contribution in [0, 0.1) is 0 Å². The van der Waals surface area contributed by atoms with Crippen molar-refractivity contribution in [3.63, 3.8) is 0 Å². The van der Waals surface area contributed by atoms with Crippen LogP contribution in [0.5, 0.6) is 5.75 Å². The molecular formula is C17H24N2O2. The van der Waals surface area contributed by atoms with Crippen LogP contribution >= 0.6 is 0 Å². The van der Waals surface area contributed by atoms with E-state index in [4.69, 9.17) is 9.26 Å². The van der Waals surface area contributed by atoms with Crippen molar-refractivity contribution in [3.8, 4) is 5.75 Å². The van der Waals surface area contributed by atoms with Crippen LogP contribution in [0.15, 0.2) is 34.9 Å². The zero-order valence-electron chi connectivity index (χ0n) is 13.1. The van der Waals surface area contributed by atoms with E-state index in [1.165, 1.54) is 5.56 Å². The normalized spacial score (nSPS) is 11.0. The Morgan fingerprint density at radius 3 is 2.67 bits per heavy atom. The summed E-state index contributed by atoms with van der Waals surface area (Å²) in [5.41, 5.74) is 2.24. The molecule has 1 aromatic heterocycles. The third-order valence-electron chi connectivity index (χ3n) is 3.14. The number of nitrogens with one attached hydrogen (secondary N) is 1. The molecule has 21 heavy (non-hydrogen) atoms. The third kappa shape index (κ3) is 5.23. The zero-order valence-corrected chi connectivity index (χ0v) is 13.1. The summed E-state index contributed by atoms with van der Waals surface area (Å²) in [5.74, 6) is 1.60. The van der Waals surface area contributed by atoms with Gasteiger partial charge in [-0.2, -0.15) is 0 Å². The molecule has 0 amide bonds. The van der Waals surface area contributed by atoms with Crippen LogP contribution in [-0.2, 0) is 19.6 Å². The molecule has 1 aromatic carbocycles. The van der Waals surface area contributed by atoms with Crippen LogP contribution in [-0.4, -0.2) is 11.2 Å². The van der Waals surface area contributed by atoms with Crippen molar-refractivity contribution >= 4 is 0 Å². The van der Waals surface area contributed by atoms with Gasteiger partial charge in [-0.3, -0.25) is 0 Å². The molecule has 1 N–H and O–H groups in total. The molecule has 0 spiro atoms. The Kier molecular flexibility index (Phi) is 5.81. The van der Waals surface area contributed by atoms with Gasteiger partial charge in [0.2, 0.25) is 0 Å². The molecule has 2 rings (SSSR count). The molecule has 0 unspecified atom stereocenters. The highest BCUT2D eigenvalue weighted by atomic mass is 16.5. The minimum absolute atomic E-state index is 0.405. The Balaban J connectivity index is 1.82. The van der Waals surface area contributed by atoms with E-state index in [9.17, 15) is 0 Å². The Bertz CT molecular complexity index is 532. The number of hydrogen-bond donors (Lipinski definition) is 1. The third-order valence-corrected chi connectivity index (χ3v) is 3.14. The zero-order chi connectivity index (χ0) is 15.1. The SMILES string of the molecule is CCCc1ccc(OCc2cc(CNC(C)C)no2)cc1. The Morgan fingerprint density at radius 2 is 2.00 bits per heavy atom. The molecule has 2 aromatic rings. The summed E-state index contributed by atoms with van der Waals surface area (Å²) in [5, 5.41) is 7.33. The van der Waals surface area contributed by atoms with E-state index in [2.05, 4.69) is 43.4 Å². The van der Waals surface area contributed by atoms with E-state index < -0.39 is 0 Å². The second-order valence-electron chi connectivity index (χ2n) is 5.50.